The van der Waals surface area contributed by atoms with Crippen LogP contribution in [0.3, 0.4) is 0 Å². The molecule has 4 rings (SSSR count). The highest BCUT2D eigenvalue weighted by Crippen LogP contribution is 2.26. The van der Waals surface area contributed by atoms with Gasteiger partial charge in [-0.1, -0.05) is 6.07 Å². The third kappa shape index (κ3) is 4.51. The average molecular weight is 436 g/mol. The molecule has 0 aliphatic carbocycles. The number of nitrogens with zero attached hydrogens (tertiary/aromatic N) is 4. The van der Waals surface area contributed by atoms with Crippen LogP contribution in [0.15, 0.2) is 24.3 Å². The molecule has 0 bridgehead atoms. The van der Waals surface area contributed by atoms with Crippen LogP contribution in [0.5, 0.6) is 0 Å². The first-order valence-electron chi connectivity index (χ1n) is 11.9. The van der Waals surface area contributed by atoms with Gasteiger partial charge < -0.3 is 20.1 Å². The normalized spacial score (nSPS) is 21.7. The summed E-state index contributed by atoms with van der Waals surface area (Å²) in [7, 11) is 0. The van der Waals surface area contributed by atoms with E-state index in [9.17, 15) is 14.9 Å². The second-order valence-electron chi connectivity index (χ2n) is 9.05. The van der Waals surface area contributed by atoms with Crippen LogP contribution in [0, 0.1) is 11.3 Å². The van der Waals surface area contributed by atoms with E-state index in [1.165, 1.54) is 5.69 Å². The summed E-state index contributed by atoms with van der Waals surface area (Å²) in [5, 5.41) is 10.4. The number of amides is 2. The summed E-state index contributed by atoms with van der Waals surface area (Å²) < 4.78 is 2.27. The molecule has 2 amide bonds. The SMILES string of the molecule is CCn1c(CC[C@@H]2CCCN2C(=O)CN2CCCC[C@H](N)C2=O)cc2ccc(C#N)cc21. The van der Waals surface area contributed by atoms with Crippen molar-refractivity contribution >= 4 is 22.7 Å². The molecule has 3 heterocycles. The van der Waals surface area contributed by atoms with Crippen LogP contribution in [0.4, 0.5) is 0 Å². The van der Waals surface area contributed by atoms with Gasteiger partial charge in [0.1, 0.15) is 0 Å². The first kappa shape index (κ1) is 22.3. The van der Waals surface area contributed by atoms with Crippen LogP contribution in [0.1, 0.15) is 56.7 Å². The molecule has 2 aliphatic heterocycles. The van der Waals surface area contributed by atoms with Crippen molar-refractivity contribution in [2.75, 3.05) is 19.6 Å². The third-order valence-corrected chi connectivity index (χ3v) is 7.01. The summed E-state index contributed by atoms with van der Waals surface area (Å²) in [6.07, 6.45) is 6.34. The molecule has 1 aromatic carbocycles. The van der Waals surface area contributed by atoms with Gasteiger partial charge >= 0.3 is 0 Å². The van der Waals surface area contributed by atoms with Crippen LogP contribution in [0.2, 0.25) is 0 Å². The zero-order valence-corrected chi connectivity index (χ0v) is 18.9. The zero-order chi connectivity index (χ0) is 22.7. The van der Waals surface area contributed by atoms with Gasteiger partial charge in [-0.15, -0.1) is 0 Å². The molecule has 2 atom stereocenters. The first-order chi connectivity index (χ1) is 15.5. The van der Waals surface area contributed by atoms with E-state index in [4.69, 9.17) is 5.73 Å². The highest BCUT2D eigenvalue weighted by molar-refractivity contribution is 5.88. The number of aromatic nitrogens is 1. The van der Waals surface area contributed by atoms with Gasteiger partial charge in [-0.2, -0.15) is 5.26 Å². The number of rotatable bonds is 6. The standard InChI is InChI=1S/C25H33N5O2/c1-2-29-21(15-19-9-8-18(16-26)14-23(19)29)11-10-20-6-5-13-30(20)24(31)17-28-12-4-3-7-22(27)25(28)32/h8-9,14-15,20,22H,2-7,10-13,17,27H2,1H3/t20-,22-/m0/s1. The third-order valence-electron chi connectivity index (χ3n) is 7.01. The van der Waals surface area contributed by atoms with E-state index >= 15 is 0 Å². The van der Waals surface area contributed by atoms with Crippen molar-refractivity contribution in [1.82, 2.24) is 14.4 Å². The van der Waals surface area contributed by atoms with E-state index in [1.54, 1.807) is 4.90 Å². The Morgan fingerprint density at radius 2 is 2.03 bits per heavy atom. The number of hydrogen-bond acceptors (Lipinski definition) is 4. The van der Waals surface area contributed by atoms with Gasteiger partial charge in [0, 0.05) is 36.9 Å². The van der Waals surface area contributed by atoms with Gasteiger partial charge in [-0.05, 0) is 75.5 Å². The van der Waals surface area contributed by atoms with Crippen molar-refractivity contribution in [2.45, 2.75) is 70.5 Å². The molecule has 0 saturated carbocycles. The number of benzene rings is 1. The lowest BCUT2D eigenvalue weighted by molar-refractivity contribution is -0.141. The minimum Gasteiger partial charge on any atom is -0.345 e. The number of likely N-dealkylation sites (tertiary alicyclic amines) is 2. The number of carbonyl (C=O) groups excluding carboxylic acids is 2. The van der Waals surface area contributed by atoms with Crippen molar-refractivity contribution in [1.29, 1.82) is 5.26 Å². The fourth-order valence-electron chi connectivity index (χ4n) is 5.29. The molecule has 0 radical (unpaired) electrons. The second kappa shape index (κ2) is 9.74. The van der Waals surface area contributed by atoms with E-state index in [0.29, 0.717) is 18.5 Å². The highest BCUT2D eigenvalue weighted by atomic mass is 16.2. The Kier molecular flexibility index (Phi) is 6.80. The molecular formula is C25H33N5O2. The van der Waals surface area contributed by atoms with E-state index in [-0.39, 0.29) is 24.4 Å². The van der Waals surface area contributed by atoms with Gasteiger partial charge in [0.05, 0.1) is 24.2 Å². The number of hydrogen-bond donors (Lipinski definition) is 1. The molecule has 2 saturated heterocycles. The molecule has 0 spiro atoms. The first-order valence-corrected chi connectivity index (χ1v) is 11.9. The second-order valence-corrected chi connectivity index (χ2v) is 9.05. The summed E-state index contributed by atoms with van der Waals surface area (Å²) in [5.41, 5.74) is 8.99. The van der Waals surface area contributed by atoms with Crippen molar-refractivity contribution in [3.63, 3.8) is 0 Å². The smallest absolute Gasteiger partial charge is 0.242 e. The maximum absolute atomic E-state index is 13.1. The highest BCUT2D eigenvalue weighted by Gasteiger charge is 2.32. The van der Waals surface area contributed by atoms with Crippen molar-refractivity contribution in [3.8, 4) is 6.07 Å². The van der Waals surface area contributed by atoms with Gasteiger partial charge in [0.25, 0.3) is 0 Å². The molecule has 2 N–H and O–H groups in total. The lowest BCUT2D eigenvalue weighted by Crippen LogP contribution is -2.48. The summed E-state index contributed by atoms with van der Waals surface area (Å²) in [6.45, 7) is 4.50. The Labute approximate surface area is 189 Å². The molecule has 32 heavy (non-hydrogen) atoms. The van der Waals surface area contributed by atoms with E-state index < -0.39 is 6.04 Å². The Bertz CT molecular complexity index is 1040. The molecule has 0 unspecified atom stereocenters. The van der Waals surface area contributed by atoms with Crippen LogP contribution >= 0.6 is 0 Å². The minimum absolute atomic E-state index is 0.0460. The van der Waals surface area contributed by atoms with Crippen molar-refractivity contribution in [3.05, 3.63) is 35.5 Å². The molecule has 2 fully saturated rings. The Morgan fingerprint density at radius 3 is 2.81 bits per heavy atom. The fourth-order valence-corrected chi connectivity index (χ4v) is 5.29. The zero-order valence-electron chi connectivity index (χ0n) is 18.9. The Balaban J connectivity index is 1.43. The molecule has 2 aliphatic rings. The van der Waals surface area contributed by atoms with Gasteiger partial charge in [0.15, 0.2) is 0 Å². The summed E-state index contributed by atoms with van der Waals surface area (Å²) in [4.78, 5) is 29.2. The van der Waals surface area contributed by atoms with E-state index in [0.717, 1.165) is 62.5 Å². The van der Waals surface area contributed by atoms with Gasteiger partial charge in [0.2, 0.25) is 11.8 Å². The number of nitriles is 1. The Morgan fingerprint density at radius 1 is 1.19 bits per heavy atom. The monoisotopic (exact) mass is 435 g/mol. The topological polar surface area (TPSA) is 95.4 Å². The lowest BCUT2D eigenvalue weighted by atomic mass is 10.1. The average Bonchev–Trinajstić information content (AvgIpc) is 3.38. The van der Waals surface area contributed by atoms with Crippen molar-refractivity contribution in [2.24, 2.45) is 5.73 Å². The lowest BCUT2D eigenvalue weighted by Gasteiger charge is -2.29. The minimum atomic E-state index is -0.475. The number of carbonyl (C=O) groups is 2. The summed E-state index contributed by atoms with van der Waals surface area (Å²) in [6, 6.07) is 9.99. The molecule has 2 aromatic rings. The predicted octanol–water partition coefficient (Wildman–Crippen LogP) is 2.80. The fraction of sp³-hybridized carbons (Fsp3) is 0.560. The van der Waals surface area contributed by atoms with Crippen LogP contribution in [-0.4, -0.2) is 57.9 Å². The quantitative estimate of drug-likeness (QED) is 0.755. The maximum Gasteiger partial charge on any atom is 0.242 e. The van der Waals surface area contributed by atoms with Gasteiger partial charge in [-0.25, -0.2) is 0 Å². The summed E-state index contributed by atoms with van der Waals surface area (Å²) >= 11 is 0. The molecule has 170 valence electrons. The van der Waals surface area contributed by atoms with Crippen LogP contribution in [-0.2, 0) is 22.6 Å². The van der Waals surface area contributed by atoms with Crippen LogP contribution in [0.25, 0.3) is 10.9 Å². The summed E-state index contributed by atoms with van der Waals surface area (Å²) in [5.74, 6) is -0.0413. The Hall–Kier alpha value is -2.85. The van der Waals surface area contributed by atoms with E-state index in [2.05, 4.69) is 23.6 Å². The molecule has 7 nitrogen and oxygen atoms in total. The van der Waals surface area contributed by atoms with Crippen molar-refractivity contribution < 1.29 is 9.59 Å². The number of aryl methyl sites for hydroxylation is 2. The number of fused-ring (bicyclic) bond motifs is 1. The van der Waals surface area contributed by atoms with Gasteiger partial charge in [-0.3, -0.25) is 9.59 Å². The van der Waals surface area contributed by atoms with E-state index in [1.807, 2.05) is 23.1 Å². The molecular weight excluding hydrogens is 402 g/mol. The molecule has 7 heteroatoms. The largest absolute Gasteiger partial charge is 0.345 e. The maximum atomic E-state index is 13.1. The molecule has 1 aromatic heterocycles. The number of nitrogens with two attached hydrogens (primary N) is 1. The predicted molar refractivity (Wildman–Crippen MR) is 124 cm³/mol. The van der Waals surface area contributed by atoms with Crippen LogP contribution < -0.4 is 5.73 Å².